The summed E-state index contributed by atoms with van der Waals surface area (Å²) >= 11 is 0. The molecule has 0 saturated heterocycles. The summed E-state index contributed by atoms with van der Waals surface area (Å²) in [5.41, 5.74) is 1.12. The van der Waals surface area contributed by atoms with E-state index in [1.165, 1.54) is 0 Å². The van der Waals surface area contributed by atoms with Crippen LogP contribution in [-0.2, 0) is 9.53 Å². The number of amides is 1. The molecule has 0 aromatic carbocycles. The van der Waals surface area contributed by atoms with Crippen LogP contribution in [0.3, 0.4) is 0 Å². The minimum atomic E-state index is -0.101. The first-order valence-electron chi connectivity index (χ1n) is 5.53. The van der Waals surface area contributed by atoms with E-state index in [0.29, 0.717) is 13.2 Å². The van der Waals surface area contributed by atoms with Gasteiger partial charge < -0.3 is 10.1 Å². The maximum Gasteiger partial charge on any atom is 0.225 e. The molecule has 0 fully saturated rings. The Labute approximate surface area is 96.9 Å². The molecule has 3 nitrogen and oxygen atoms in total. The van der Waals surface area contributed by atoms with Gasteiger partial charge in [-0.15, -0.1) is 0 Å². The van der Waals surface area contributed by atoms with Crippen LogP contribution in [0.2, 0.25) is 0 Å². The molecule has 1 aliphatic carbocycles. The monoisotopic (exact) mass is 221 g/mol. The van der Waals surface area contributed by atoms with Gasteiger partial charge in [0.2, 0.25) is 5.91 Å². The number of ether oxygens (including phenoxy) is 1. The van der Waals surface area contributed by atoms with Crippen molar-refractivity contribution in [1.82, 2.24) is 5.32 Å². The molecule has 0 spiro atoms. The van der Waals surface area contributed by atoms with Crippen LogP contribution in [-0.4, -0.2) is 26.2 Å². The molecule has 0 heterocycles. The quantitative estimate of drug-likeness (QED) is 0.769. The van der Waals surface area contributed by atoms with Crippen molar-refractivity contribution in [3.63, 3.8) is 0 Å². The maximum atomic E-state index is 11.6. The molecule has 1 amide bonds. The lowest BCUT2D eigenvalue weighted by Gasteiger charge is -2.11. The summed E-state index contributed by atoms with van der Waals surface area (Å²) in [5.74, 6) is -0.0692. The smallest absolute Gasteiger partial charge is 0.225 e. The summed E-state index contributed by atoms with van der Waals surface area (Å²) in [6.07, 6.45) is 11.2. The second kappa shape index (κ2) is 7.01. The highest BCUT2D eigenvalue weighted by molar-refractivity contribution is 5.78. The standard InChI is InChI=1S/C13H19NO2/c1-11(10-16-2)13(15)14-9-12-7-5-3-4-6-8-12/h3,5-8,11H,4,9-10H2,1-2H3,(H,14,15). The zero-order valence-electron chi connectivity index (χ0n) is 9.90. The van der Waals surface area contributed by atoms with Crippen LogP contribution in [0.25, 0.3) is 0 Å². The maximum absolute atomic E-state index is 11.6. The molecule has 88 valence electrons. The molecule has 0 bridgehead atoms. The Hall–Kier alpha value is -1.35. The van der Waals surface area contributed by atoms with Gasteiger partial charge >= 0.3 is 0 Å². The number of hydrogen-bond donors (Lipinski definition) is 1. The molecule has 1 N–H and O–H groups in total. The molecule has 3 heteroatoms. The lowest BCUT2D eigenvalue weighted by molar-refractivity contribution is -0.125. The molecular formula is C13H19NO2. The van der Waals surface area contributed by atoms with Crippen LogP contribution in [0, 0.1) is 5.92 Å². The van der Waals surface area contributed by atoms with Crippen LogP contribution in [0.1, 0.15) is 13.3 Å². The molecule has 0 aliphatic heterocycles. The number of nitrogens with one attached hydrogen (secondary N) is 1. The van der Waals surface area contributed by atoms with Gasteiger partial charge in [-0.25, -0.2) is 0 Å². The van der Waals surface area contributed by atoms with Gasteiger partial charge in [-0.1, -0.05) is 37.3 Å². The van der Waals surface area contributed by atoms with E-state index < -0.39 is 0 Å². The minimum absolute atomic E-state index is 0.0318. The molecule has 0 aromatic heterocycles. The number of allylic oxidation sites excluding steroid dienone is 4. The fourth-order valence-electron chi connectivity index (χ4n) is 1.43. The zero-order chi connectivity index (χ0) is 11.8. The van der Waals surface area contributed by atoms with Gasteiger partial charge in [0.15, 0.2) is 0 Å². The van der Waals surface area contributed by atoms with E-state index in [2.05, 4.69) is 17.5 Å². The van der Waals surface area contributed by atoms with E-state index in [9.17, 15) is 4.79 Å². The summed E-state index contributed by atoms with van der Waals surface area (Å²) in [4.78, 5) is 11.6. The van der Waals surface area contributed by atoms with Gasteiger partial charge in [-0.2, -0.15) is 0 Å². The first-order chi connectivity index (χ1) is 7.74. The van der Waals surface area contributed by atoms with E-state index in [-0.39, 0.29) is 11.8 Å². The number of carbonyl (C=O) groups excluding carboxylic acids is 1. The minimum Gasteiger partial charge on any atom is -0.384 e. The average molecular weight is 221 g/mol. The number of carbonyl (C=O) groups is 1. The summed E-state index contributed by atoms with van der Waals surface area (Å²) in [6.45, 7) is 2.89. The Bertz CT molecular complexity index is 316. The fourth-order valence-corrected chi connectivity index (χ4v) is 1.43. The van der Waals surface area contributed by atoms with Gasteiger partial charge in [0.25, 0.3) is 0 Å². The van der Waals surface area contributed by atoms with Crippen LogP contribution in [0.5, 0.6) is 0 Å². The van der Waals surface area contributed by atoms with Gasteiger partial charge in [-0.3, -0.25) is 4.79 Å². The zero-order valence-corrected chi connectivity index (χ0v) is 9.90. The predicted molar refractivity (Wildman–Crippen MR) is 65.0 cm³/mol. The molecule has 1 rings (SSSR count). The summed E-state index contributed by atoms with van der Waals surface area (Å²) in [6, 6.07) is 0. The van der Waals surface area contributed by atoms with Gasteiger partial charge in [0, 0.05) is 13.7 Å². The third kappa shape index (κ3) is 4.45. The van der Waals surface area contributed by atoms with Crippen molar-refractivity contribution in [2.45, 2.75) is 13.3 Å². The highest BCUT2D eigenvalue weighted by Gasteiger charge is 2.11. The molecule has 16 heavy (non-hydrogen) atoms. The molecule has 1 unspecified atom stereocenters. The molecule has 0 saturated carbocycles. The van der Waals surface area contributed by atoms with E-state index in [1.807, 2.05) is 25.2 Å². The molecule has 1 atom stereocenters. The van der Waals surface area contributed by atoms with Crippen LogP contribution in [0.15, 0.2) is 36.0 Å². The van der Waals surface area contributed by atoms with Gasteiger partial charge in [-0.05, 0) is 12.0 Å². The molecule has 1 aliphatic rings. The van der Waals surface area contributed by atoms with Crippen molar-refractivity contribution < 1.29 is 9.53 Å². The van der Waals surface area contributed by atoms with E-state index in [0.717, 1.165) is 12.0 Å². The van der Waals surface area contributed by atoms with Crippen LogP contribution >= 0.6 is 0 Å². The first-order valence-corrected chi connectivity index (χ1v) is 5.53. The SMILES string of the molecule is COCC(C)C(=O)NCC1=CC=CCC=C1. The van der Waals surface area contributed by atoms with Crippen LogP contribution in [0.4, 0.5) is 0 Å². The normalized spacial score (nSPS) is 16.5. The number of hydrogen-bond acceptors (Lipinski definition) is 2. The Morgan fingerprint density at radius 1 is 1.56 bits per heavy atom. The summed E-state index contributed by atoms with van der Waals surface area (Å²) in [7, 11) is 1.60. The van der Waals surface area contributed by atoms with Gasteiger partial charge in [0.05, 0.1) is 12.5 Å². The Kier molecular flexibility index (Phi) is 5.57. The van der Waals surface area contributed by atoms with Crippen molar-refractivity contribution >= 4 is 5.91 Å². The second-order valence-corrected chi connectivity index (χ2v) is 3.88. The lowest BCUT2D eigenvalue weighted by atomic mass is 10.1. The van der Waals surface area contributed by atoms with Crippen molar-refractivity contribution in [2.24, 2.45) is 5.92 Å². The van der Waals surface area contributed by atoms with Crippen molar-refractivity contribution in [2.75, 3.05) is 20.3 Å². The molecule has 0 radical (unpaired) electrons. The number of methoxy groups -OCH3 is 1. The third-order valence-corrected chi connectivity index (χ3v) is 2.38. The summed E-state index contributed by atoms with van der Waals surface area (Å²) < 4.78 is 4.94. The average Bonchev–Trinajstić information content (AvgIpc) is 2.54. The topological polar surface area (TPSA) is 38.3 Å². The van der Waals surface area contributed by atoms with E-state index >= 15 is 0 Å². The Balaban J connectivity index is 2.36. The predicted octanol–water partition coefficient (Wildman–Crippen LogP) is 1.83. The fraction of sp³-hybridized carbons (Fsp3) is 0.462. The molecule has 0 aromatic rings. The van der Waals surface area contributed by atoms with Crippen LogP contribution < -0.4 is 5.32 Å². The Morgan fingerprint density at radius 3 is 3.12 bits per heavy atom. The summed E-state index contributed by atoms with van der Waals surface area (Å²) in [5, 5.41) is 2.89. The molecular weight excluding hydrogens is 202 g/mol. The third-order valence-electron chi connectivity index (χ3n) is 2.38. The van der Waals surface area contributed by atoms with E-state index in [1.54, 1.807) is 7.11 Å². The lowest BCUT2D eigenvalue weighted by Crippen LogP contribution is -2.32. The highest BCUT2D eigenvalue weighted by atomic mass is 16.5. The van der Waals surface area contributed by atoms with Gasteiger partial charge in [0.1, 0.15) is 0 Å². The first kappa shape index (κ1) is 12.7. The number of rotatable bonds is 5. The second-order valence-electron chi connectivity index (χ2n) is 3.88. The highest BCUT2D eigenvalue weighted by Crippen LogP contribution is 2.04. The van der Waals surface area contributed by atoms with E-state index in [4.69, 9.17) is 4.74 Å². The Morgan fingerprint density at radius 2 is 2.38 bits per heavy atom. The van der Waals surface area contributed by atoms with Crippen molar-refractivity contribution in [1.29, 1.82) is 0 Å². The van der Waals surface area contributed by atoms with Crippen molar-refractivity contribution in [3.05, 3.63) is 36.0 Å². The largest absolute Gasteiger partial charge is 0.384 e. The van der Waals surface area contributed by atoms with Crippen molar-refractivity contribution in [3.8, 4) is 0 Å².